The molecule has 2 aromatic carbocycles. The number of nitrogens with one attached hydrogen (secondary N) is 2. The zero-order valence-electron chi connectivity index (χ0n) is 16.3. The van der Waals surface area contributed by atoms with Crippen molar-refractivity contribution >= 4 is 11.6 Å². The first-order chi connectivity index (χ1) is 13.3. The summed E-state index contributed by atoms with van der Waals surface area (Å²) in [6.07, 6.45) is 3.23. The highest BCUT2D eigenvalue weighted by molar-refractivity contribution is 5.80. The van der Waals surface area contributed by atoms with E-state index in [9.17, 15) is 0 Å². The average Bonchev–Trinajstić information content (AvgIpc) is 3.20. The first-order valence-corrected chi connectivity index (χ1v) is 9.68. The van der Waals surface area contributed by atoms with Gasteiger partial charge in [-0.15, -0.1) is 0 Å². The number of guanidine groups is 1. The zero-order chi connectivity index (χ0) is 18.9. The second kappa shape index (κ2) is 9.86. The molecule has 0 aliphatic carbocycles. The molecule has 1 heterocycles. The summed E-state index contributed by atoms with van der Waals surface area (Å²) in [5.41, 5.74) is 2.62. The molecule has 1 saturated heterocycles. The van der Waals surface area contributed by atoms with Crippen LogP contribution in [0.5, 0.6) is 5.75 Å². The van der Waals surface area contributed by atoms with Gasteiger partial charge in [-0.2, -0.15) is 0 Å². The van der Waals surface area contributed by atoms with E-state index in [-0.39, 0.29) is 0 Å². The van der Waals surface area contributed by atoms with Crippen LogP contribution in [0.25, 0.3) is 0 Å². The molecule has 1 fully saturated rings. The highest BCUT2D eigenvalue weighted by atomic mass is 16.5. The van der Waals surface area contributed by atoms with Crippen LogP contribution in [0.15, 0.2) is 59.6 Å². The second-order valence-electron chi connectivity index (χ2n) is 6.86. The molecular formula is C22H30N4O. The monoisotopic (exact) mass is 366 g/mol. The van der Waals surface area contributed by atoms with Crippen molar-refractivity contribution in [2.45, 2.75) is 25.3 Å². The number of rotatable bonds is 7. The minimum atomic E-state index is 0.429. The van der Waals surface area contributed by atoms with Gasteiger partial charge in [-0.3, -0.25) is 4.99 Å². The van der Waals surface area contributed by atoms with Crippen LogP contribution in [0.4, 0.5) is 5.69 Å². The zero-order valence-corrected chi connectivity index (χ0v) is 16.3. The third kappa shape index (κ3) is 5.64. The van der Waals surface area contributed by atoms with E-state index in [1.54, 1.807) is 7.11 Å². The molecule has 1 aliphatic heterocycles. The average molecular weight is 367 g/mol. The molecule has 0 amide bonds. The maximum Gasteiger partial charge on any atom is 0.191 e. The number of methoxy groups -OCH3 is 1. The number of nitrogens with zero attached hydrogens (tertiary/aromatic N) is 2. The van der Waals surface area contributed by atoms with Crippen LogP contribution < -0.4 is 20.3 Å². The number of benzene rings is 2. The van der Waals surface area contributed by atoms with Crippen molar-refractivity contribution < 1.29 is 4.74 Å². The van der Waals surface area contributed by atoms with Crippen LogP contribution >= 0.6 is 0 Å². The maximum absolute atomic E-state index is 5.20. The topological polar surface area (TPSA) is 48.9 Å². The molecule has 3 rings (SSSR count). The third-order valence-corrected chi connectivity index (χ3v) is 4.97. The van der Waals surface area contributed by atoms with Crippen molar-refractivity contribution in [2.75, 3.05) is 38.7 Å². The number of para-hydroxylation sites is 1. The Labute approximate surface area is 162 Å². The van der Waals surface area contributed by atoms with Crippen molar-refractivity contribution in [3.05, 3.63) is 60.2 Å². The summed E-state index contributed by atoms with van der Waals surface area (Å²) >= 11 is 0. The molecular weight excluding hydrogens is 336 g/mol. The Hall–Kier alpha value is -2.69. The summed E-state index contributed by atoms with van der Waals surface area (Å²) in [6, 6.07) is 19.3. The van der Waals surface area contributed by atoms with E-state index in [0.717, 1.165) is 50.6 Å². The Morgan fingerprint density at radius 3 is 2.63 bits per heavy atom. The lowest BCUT2D eigenvalue weighted by Crippen LogP contribution is -2.44. The first kappa shape index (κ1) is 19.1. The maximum atomic E-state index is 5.20. The summed E-state index contributed by atoms with van der Waals surface area (Å²) in [6.45, 7) is 2.99. The SMILES string of the molecule is CN=C(NCCCc1ccc(OC)cc1)NC1CCN(c2ccccc2)C1. The molecule has 0 bridgehead atoms. The number of hydrogen-bond acceptors (Lipinski definition) is 3. The van der Waals surface area contributed by atoms with Crippen molar-refractivity contribution in [3.8, 4) is 5.75 Å². The molecule has 5 nitrogen and oxygen atoms in total. The number of ether oxygens (including phenoxy) is 1. The molecule has 144 valence electrons. The fourth-order valence-electron chi connectivity index (χ4n) is 3.43. The molecule has 0 saturated carbocycles. The van der Waals surface area contributed by atoms with Gasteiger partial charge in [-0.25, -0.2) is 0 Å². The number of anilines is 1. The van der Waals surface area contributed by atoms with Crippen LogP contribution in [0.2, 0.25) is 0 Å². The van der Waals surface area contributed by atoms with E-state index in [2.05, 4.69) is 63.0 Å². The van der Waals surface area contributed by atoms with Crippen molar-refractivity contribution in [1.82, 2.24) is 10.6 Å². The van der Waals surface area contributed by atoms with Gasteiger partial charge in [0, 0.05) is 38.4 Å². The largest absolute Gasteiger partial charge is 0.497 e. The van der Waals surface area contributed by atoms with Crippen LogP contribution in [0.1, 0.15) is 18.4 Å². The van der Waals surface area contributed by atoms with E-state index in [1.165, 1.54) is 11.3 Å². The summed E-state index contributed by atoms with van der Waals surface area (Å²) < 4.78 is 5.20. The first-order valence-electron chi connectivity index (χ1n) is 9.68. The van der Waals surface area contributed by atoms with Gasteiger partial charge in [-0.05, 0) is 49.1 Å². The Morgan fingerprint density at radius 1 is 1.15 bits per heavy atom. The van der Waals surface area contributed by atoms with Gasteiger partial charge in [0.05, 0.1) is 7.11 Å². The predicted octanol–water partition coefficient (Wildman–Crippen LogP) is 3.07. The van der Waals surface area contributed by atoms with Crippen molar-refractivity contribution in [2.24, 2.45) is 4.99 Å². The molecule has 2 N–H and O–H groups in total. The Kier molecular flexibility index (Phi) is 6.97. The Morgan fingerprint density at radius 2 is 1.93 bits per heavy atom. The van der Waals surface area contributed by atoms with E-state index in [0.29, 0.717) is 6.04 Å². The minimum absolute atomic E-state index is 0.429. The fraction of sp³-hybridized carbons (Fsp3) is 0.409. The summed E-state index contributed by atoms with van der Waals surface area (Å²) in [5, 5.41) is 7.00. The smallest absolute Gasteiger partial charge is 0.191 e. The third-order valence-electron chi connectivity index (χ3n) is 4.97. The second-order valence-corrected chi connectivity index (χ2v) is 6.86. The Balaban J connectivity index is 1.38. The number of hydrogen-bond donors (Lipinski definition) is 2. The minimum Gasteiger partial charge on any atom is -0.497 e. The summed E-state index contributed by atoms with van der Waals surface area (Å²) in [4.78, 5) is 6.80. The van der Waals surface area contributed by atoms with Crippen LogP contribution in [-0.2, 0) is 6.42 Å². The lowest BCUT2D eigenvalue weighted by atomic mass is 10.1. The van der Waals surface area contributed by atoms with Gasteiger partial charge in [0.15, 0.2) is 5.96 Å². The fourth-order valence-corrected chi connectivity index (χ4v) is 3.43. The van der Waals surface area contributed by atoms with E-state index < -0.39 is 0 Å². The van der Waals surface area contributed by atoms with E-state index in [1.807, 2.05) is 19.2 Å². The highest BCUT2D eigenvalue weighted by Gasteiger charge is 2.23. The summed E-state index contributed by atoms with van der Waals surface area (Å²) in [7, 11) is 3.53. The summed E-state index contributed by atoms with van der Waals surface area (Å²) in [5.74, 6) is 1.80. The molecule has 0 spiro atoms. The van der Waals surface area contributed by atoms with Gasteiger partial charge >= 0.3 is 0 Å². The van der Waals surface area contributed by atoms with E-state index in [4.69, 9.17) is 4.74 Å². The lowest BCUT2D eigenvalue weighted by Gasteiger charge is -2.20. The van der Waals surface area contributed by atoms with Gasteiger partial charge in [0.2, 0.25) is 0 Å². The van der Waals surface area contributed by atoms with E-state index >= 15 is 0 Å². The van der Waals surface area contributed by atoms with Gasteiger partial charge in [0.1, 0.15) is 5.75 Å². The molecule has 5 heteroatoms. The van der Waals surface area contributed by atoms with Crippen LogP contribution in [0.3, 0.4) is 0 Å². The highest BCUT2D eigenvalue weighted by Crippen LogP contribution is 2.19. The van der Waals surface area contributed by atoms with Gasteiger partial charge in [0.25, 0.3) is 0 Å². The normalized spacial score (nSPS) is 17.0. The van der Waals surface area contributed by atoms with Crippen molar-refractivity contribution in [3.63, 3.8) is 0 Å². The van der Waals surface area contributed by atoms with Crippen molar-refractivity contribution in [1.29, 1.82) is 0 Å². The lowest BCUT2D eigenvalue weighted by molar-refractivity contribution is 0.414. The molecule has 0 radical (unpaired) electrons. The van der Waals surface area contributed by atoms with Crippen LogP contribution in [0, 0.1) is 0 Å². The van der Waals surface area contributed by atoms with Gasteiger partial charge in [-0.1, -0.05) is 30.3 Å². The molecule has 2 aromatic rings. The molecule has 0 aromatic heterocycles. The number of aliphatic imine (C=N–C) groups is 1. The molecule has 1 unspecified atom stereocenters. The molecule has 1 aliphatic rings. The quantitative estimate of drug-likeness (QED) is 0.449. The van der Waals surface area contributed by atoms with Gasteiger partial charge < -0.3 is 20.3 Å². The predicted molar refractivity (Wildman–Crippen MR) is 113 cm³/mol. The standard InChI is InChI=1S/C22H30N4O/c1-23-22(24-15-6-7-18-10-12-21(27-2)13-11-18)25-19-14-16-26(17-19)20-8-4-3-5-9-20/h3-5,8-13,19H,6-7,14-17H2,1-2H3,(H2,23,24,25). The molecule has 27 heavy (non-hydrogen) atoms. The van der Waals surface area contributed by atoms with Crippen LogP contribution in [-0.4, -0.2) is 45.8 Å². The Bertz CT molecular complexity index is 715. The number of aryl methyl sites for hydroxylation is 1. The molecule has 1 atom stereocenters.